The largest absolute Gasteiger partial charge is 0.324 e. The predicted molar refractivity (Wildman–Crippen MR) is 123 cm³/mol. The Bertz CT molecular complexity index is 293. The van der Waals surface area contributed by atoms with Crippen LogP contribution in [-0.4, -0.2) is 30.7 Å². The lowest BCUT2D eigenvalue weighted by atomic mass is 10.1. The highest BCUT2D eigenvalue weighted by Crippen LogP contribution is 2.23. The van der Waals surface area contributed by atoms with Crippen molar-refractivity contribution in [3.8, 4) is 0 Å². The molecule has 0 bridgehead atoms. The van der Waals surface area contributed by atoms with Crippen molar-refractivity contribution in [1.29, 1.82) is 0 Å². The Balaban J connectivity index is 1.96. The molecule has 0 spiro atoms. The van der Waals surface area contributed by atoms with Crippen molar-refractivity contribution in [3.63, 3.8) is 0 Å². The van der Waals surface area contributed by atoms with E-state index >= 15 is 0 Å². The van der Waals surface area contributed by atoms with E-state index in [0.717, 1.165) is 0 Å². The zero-order valence-corrected chi connectivity index (χ0v) is 19.4. The minimum absolute atomic E-state index is 1.37. The molecule has 0 aromatic rings. The average molecular weight is 381 g/mol. The lowest BCUT2D eigenvalue weighted by molar-refractivity contribution is -0.917. The molecule has 0 saturated carbocycles. The molecule has 162 valence electrons. The van der Waals surface area contributed by atoms with Crippen molar-refractivity contribution in [3.05, 3.63) is 0 Å². The molecule has 0 amide bonds. The van der Waals surface area contributed by atoms with Gasteiger partial charge in [-0.1, -0.05) is 104 Å². The average Bonchev–Trinajstić information content (AvgIpc) is 3.14. The maximum Gasteiger partial charge on any atom is 0.0788 e. The van der Waals surface area contributed by atoms with Crippen LogP contribution < -0.4 is 0 Å². The van der Waals surface area contributed by atoms with E-state index in [9.17, 15) is 0 Å². The van der Waals surface area contributed by atoms with Crippen LogP contribution in [-0.2, 0) is 0 Å². The summed E-state index contributed by atoms with van der Waals surface area (Å²) in [6.45, 7) is 10.6. The third-order valence-electron chi connectivity index (χ3n) is 6.99. The summed E-state index contributed by atoms with van der Waals surface area (Å²) in [6.07, 6.45) is 29.4. The van der Waals surface area contributed by atoms with E-state index in [4.69, 9.17) is 0 Å². The molecule has 0 aromatic carbocycles. The molecular weight excluding hydrogens is 326 g/mol. The fraction of sp³-hybridized carbons (Fsp3) is 1.00. The Labute approximate surface area is 173 Å². The monoisotopic (exact) mass is 380 g/mol. The zero-order valence-electron chi connectivity index (χ0n) is 19.4. The number of rotatable bonds is 20. The van der Waals surface area contributed by atoms with Crippen molar-refractivity contribution >= 4 is 0 Å². The molecule has 0 N–H and O–H groups in total. The number of unbranched alkanes of at least 4 members (excludes halogenated alkanes) is 16. The van der Waals surface area contributed by atoms with Gasteiger partial charge < -0.3 is 4.48 Å². The Morgan fingerprint density at radius 3 is 1.04 bits per heavy atom. The van der Waals surface area contributed by atoms with Crippen molar-refractivity contribution in [2.24, 2.45) is 0 Å². The summed E-state index contributed by atoms with van der Waals surface area (Å²) in [5, 5.41) is 0. The summed E-state index contributed by atoms with van der Waals surface area (Å²) in [6, 6.07) is 0. The van der Waals surface area contributed by atoms with E-state index < -0.39 is 0 Å². The molecule has 1 heteroatoms. The molecular formula is C26H54N+. The van der Waals surface area contributed by atoms with Gasteiger partial charge in [0.1, 0.15) is 0 Å². The second kappa shape index (κ2) is 18.0. The van der Waals surface area contributed by atoms with Gasteiger partial charge in [-0.25, -0.2) is 0 Å². The zero-order chi connectivity index (χ0) is 19.5. The summed E-state index contributed by atoms with van der Waals surface area (Å²) in [4.78, 5) is 0. The first-order valence-corrected chi connectivity index (χ1v) is 13.2. The molecule has 0 unspecified atom stereocenters. The second-order valence-corrected chi connectivity index (χ2v) is 9.60. The first-order valence-electron chi connectivity index (χ1n) is 13.2. The maximum atomic E-state index is 2.32. The van der Waals surface area contributed by atoms with E-state index in [-0.39, 0.29) is 0 Å². The van der Waals surface area contributed by atoms with Crippen LogP contribution in [0.3, 0.4) is 0 Å². The van der Waals surface area contributed by atoms with E-state index in [2.05, 4.69) is 13.8 Å². The van der Waals surface area contributed by atoms with Crippen molar-refractivity contribution in [2.75, 3.05) is 26.2 Å². The fourth-order valence-electron chi connectivity index (χ4n) is 5.08. The number of quaternary nitrogens is 1. The molecule has 1 heterocycles. The van der Waals surface area contributed by atoms with Gasteiger partial charge in [0, 0.05) is 12.8 Å². The smallest absolute Gasteiger partial charge is 0.0788 e. The number of nitrogens with zero attached hydrogens (tertiary/aromatic N) is 1. The minimum Gasteiger partial charge on any atom is -0.324 e. The van der Waals surface area contributed by atoms with Gasteiger partial charge in [0.15, 0.2) is 0 Å². The molecule has 0 aliphatic carbocycles. The van der Waals surface area contributed by atoms with Crippen molar-refractivity contribution in [1.82, 2.24) is 0 Å². The highest BCUT2D eigenvalue weighted by Gasteiger charge is 2.30. The van der Waals surface area contributed by atoms with Gasteiger partial charge in [0.05, 0.1) is 26.2 Å². The summed E-state index contributed by atoms with van der Waals surface area (Å²) < 4.78 is 1.49. The Morgan fingerprint density at radius 1 is 0.407 bits per heavy atom. The molecule has 0 atom stereocenters. The summed E-state index contributed by atoms with van der Waals surface area (Å²) >= 11 is 0. The molecule has 27 heavy (non-hydrogen) atoms. The lowest BCUT2D eigenvalue weighted by Crippen LogP contribution is -2.46. The van der Waals surface area contributed by atoms with E-state index in [1.807, 2.05) is 0 Å². The molecule has 0 aromatic heterocycles. The van der Waals surface area contributed by atoms with Gasteiger partial charge in [-0.15, -0.1) is 0 Å². The number of likely N-dealkylation sites (tertiary alicyclic amines) is 1. The standard InChI is InChI=1S/C26H54N/c1-3-5-7-9-11-12-13-14-16-18-20-24-27(25-21-22-26-27)23-19-17-15-10-8-6-4-2/h3-26H2,1-2H3/q+1. The van der Waals surface area contributed by atoms with Crippen LogP contribution in [0, 0.1) is 0 Å². The number of hydrogen-bond donors (Lipinski definition) is 0. The Morgan fingerprint density at radius 2 is 0.704 bits per heavy atom. The van der Waals surface area contributed by atoms with Crippen LogP contribution >= 0.6 is 0 Å². The van der Waals surface area contributed by atoms with Crippen LogP contribution in [0.5, 0.6) is 0 Å². The van der Waals surface area contributed by atoms with Gasteiger partial charge in [0.2, 0.25) is 0 Å². The highest BCUT2D eigenvalue weighted by atomic mass is 15.4. The molecule has 1 saturated heterocycles. The first-order chi connectivity index (χ1) is 13.3. The molecule has 1 aliphatic rings. The van der Waals surface area contributed by atoms with E-state index in [1.165, 1.54) is 159 Å². The molecule has 1 rings (SSSR count). The third-order valence-corrected chi connectivity index (χ3v) is 6.99. The van der Waals surface area contributed by atoms with Gasteiger partial charge in [-0.05, 0) is 25.7 Å². The van der Waals surface area contributed by atoms with Gasteiger partial charge in [-0.3, -0.25) is 0 Å². The van der Waals surface area contributed by atoms with Crippen molar-refractivity contribution in [2.45, 2.75) is 142 Å². The SMILES string of the molecule is CCCCCCCCCCCCC[N+]1(CCCCCCCCC)CCCC1. The topological polar surface area (TPSA) is 0 Å². The third kappa shape index (κ3) is 13.7. The summed E-state index contributed by atoms with van der Waals surface area (Å²) in [7, 11) is 0. The highest BCUT2D eigenvalue weighted by molar-refractivity contribution is 4.57. The maximum absolute atomic E-state index is 2.32. The summed E-state index contributed by atoms with van der Waals surface area (Å²) in [5.41, 5.74) is 0. The molecule has 1 aliphatic heterocycles. The van der Waals surface area contributed by atoms with Crippen LogP contribution in [0.15, 0.2) is 0 Å². The minimum atomic E-state index is 1.37. The van der Waals surface area contributed by atoms with Crippen LogP contribution in [0.1, 0.15) is 142 Å². The summed E-state index contributed by atoms with van der Waals surface area (Å²) in [5.74, 6) is 0. The first kappa shape index (κ1) is 25.0. The quantitative estimate of drug-likeness (QED) is 0.146. The number of hydrogen-bond acceptors (Lipinski definition) is 0. The van der Waals surface area contributed by atoms with E-state index in [0.29, 0.717) is 0 Å². The van der Waals surface area contributed by atoms with Crippen LogP contribution in [0.2, 0.25) is 0 Å². The van der Waals surface area contributed by atoms with E-state index in [1.54, 1.807) is 0 Å². The molecule has 0 radical (unpaired) electrons. The second-order valence-electron chi connectivity index (χ2n) is 9.60. The fourth-order valence-corrected chi connectivity index (χ4v) is 5.08. The van der Waals surface area contributed by atoms with Crippen LogP contribution in [0.25, 0.3) is 0 Å². The van der Waals surface area contributed by atoms with Crippen LogP contribution in [0.4, 0.5) is 0 Å². The van der Waals surface area contributed by atoms with Gasteiger partial charge in [0.25, 0.3) is 0 Å². The molecule has 1 nitrogen and oxygen atoms in total. The Hall–Kier alpha value is -0.0400. The lowest BCUT2D eigenvalue weighted by Gasteiger charge is -2.34. The predicted octanol–water partition coefficient (Wildman–Crippen LogP) is 8.66. The molecule has 1 fully saturated rings. The Kier molecular flexibility index (Phi) is 16.7. The normalized spacial score (nSPS) is 16.2. The van der Waals surface area contributed by atoms with Gasteiger partial charge >= 0.3 is 0 Å². The van der Waals surface area contributed by atoms with Crippen molar-refractivity contribution < 1.29 is 4.48 Å². The van der Waals surface area contributed by atoms with Gasteiger partial charge in [-0.2, -0.15) is 0 Å².